The van der Waals surface area contributed by atoms with Crippen molar-refractivity contribution in [2.24, 2.45) is 0 Å². The van der Waals surface area contributed by atoms with Gasteiger partial charge in [-0.25, -0.2) is 0 Å². The molecule has 2 atom stereocenters. The van der Waals surface area contributed by atoms with Crippen LogP contribution in [0.5, 0.6) is 0 Å². The van der Waals surface area contributed by atoms with Gasteiger partial charge in [-0.05, 0) is 0 Å². The molecule has 1 aliphatic rings. The minimum atomic E-state index is 0.125. The van der Waals surface area contributed by atoms with E-state index in [1.807, 2.05) is 17.8 Å². The van der Waals surface area contributed by atoms with Crippen LogP contribution in [0.4, 0.5) is 0 Å². The molecule has 0 saturated carbocycles. The molecule has 4 heteroatoms. The number of carbonyl (C=O) groups excluding carboxylic acids is 1. The van der Waals surface area contributed by atoms with Gasteiger partial charge in [0.2, 0.25) is 0 Å². The van der Waals surface area contributed by atoms with Gasteiger partial charge in [-0.3, -0.25) is 0 Å². The van der Waals surface area contributed by atoms with Crippen LogP contribution in [0.3, 0.4) is 0 Å². The molecule has 16 heavy (non-hydrogen) atoms. The summed E-state index contributed by atoms with van der Waals surface area (Å²) < 4.78 is 0. The summed E-state index contributed by atoms with van der Waals surface area (Å²) >= 11 is 4.15. The molecular formula is C12H18OS2Se. The molecule has 0 N–H and O–H groups in total. The summed E-state index contributed by atoms with van der Waals surface area (Å²) in [5.41, 5.74) is 0. The SMILES string of the molecule is C=CCSCC1CCC(CSC(=O)C=C)[Se]1. The van der Waals surface area contributed by atoms with E-state index in [1.54, 1.807) is 0 Å². The Balaban J connectivity index is 2.12. The van der Waals surface area contributed by atoms with E-state index in [-0.39, 0.29) is 5.12 Å². The molecule has 0 spiro atoms. The van der Waals surface area contributed by atoms with Gasteiger partial charge in [0.05, 0.1) is 0 Å². The summed E-state index contributed by atoms with van der Waals surface area (Å²) in [5, 5.41) is 0.125. The Morgan fingerprint density at radius 2 is 2.00 bits per heavy atom. The molecule has 0 aliphatic carbocycles. The average Bonchev–Trinajstić information content (AvgIpc) is 2.74. The third-order valence-corrected chi connectivity index (χ3v) is 8.70. The third-order valence-electron chi connectivity index (χ3n) is 2.31. The number of thioether (sulfide) groups is 2. The molecule has 0 aromatic rings. The van der Waals surface area contributed by atoms with Crippen molar-refractivity contribution in [3.8, 4) is 0 Å². The topological polar surface area (TPSA) is 17.1 Å². The van der Waals surface area contributed by atoms with E-state index in [0.717, 1.165) is 36.1 Å². The molecule has 0 aromatic carbocycles. The maximum atomic E-state index is 11.1. The number of hydrogen-bond acceptors (Lipinski definition) is 3. The molecule has 1 fully saturated rings. The Labute approximate surface area is 113 Å². The normalized spacial score (nSPS) is 24.2. The van der Waals surface area contributed by atoms with E-state index >= 15 is 0 Å². The zero-order valence-electron chi connectivity index (χ0n) is 9.39. The first-order valence-corrected chi connectivity index (χ1v) is 9.51. The third kappa shape index (κ3) is 5.62. The summed E-state index contributed by atoms with van der Waals surface area (Å²) in [6.45, 7) is 7.22. The molecule has 1 aliphatic heterocycles. The molecule has 0 bridgehead atoms. The Hall–Kier alpha value is 0.369. The van der Waals surface area contributed by atoms with Crippen molar-refractivity contribution in [1.29, 1.82) is 0 Å². The van der Waals surface area contributed by atoms with Crippen LogP contribution in [0.25, 0.3) is 0 Å². The van der Waals surface area contributed by atoms with E-state index < -0.39 is 0 Å². The zero-order valence-corrected chi connectivity index (χ0v) is 12.7. The molecule has 2 unspecified atom stereocenters. The van der Waals surface area contributed by atoms with Crippen LogP contribution in [0.15, 0.2) is 25.3 Å². The van der Waals surface area contributed by atoms with Crippen LogP contribution < -0.4 is 0 Å². The van der Waals surface area contributed by atoms with Gasteiger partial charge < -0.3 is 0 Å². The van der Waals surface area contributed by atoms with Crippen LogP contribution in [-0.2, 0) is 4.79 Å². The van der Waals surface area contributed by atoms with E-state index in [2.05, 4.69) is 13.2 Å². The number of rotatable bonds is 7. The van der Waals surface area contributed by atoms with Crippen LogP contribution >= 0.6 is 23.5 Å². The predicted octanol–water partition coefficient (Wildman–Crippen LogP) is 3.43. The average molecular weight is 321 g/mol. The fourth-order valence-corrected chi connectivity index (χ4v) is 7.37. The van der Waals surface area contributed by atoms with Gasteiger partial charge in [-0.15, -0.1) is 0 Å². The molecule has 1 heterocycles. The molecular weight excluding hydrogens is 303 g/mol. The Kier molecular flexibility index (Phi) is 7.63. The van der Waals surface area contributed by atoms with E-state index in [4.69, 9.17) is 0 Å². The first-order chi connectivity index (χ1) is 7.76. The first kappa shape index (κ1) is 14.4. The molecule has 1 nitrogen and oxygen atoms in total. The zero-order chi connectivity index (χ0) is 11.8. The van der Waals surface area contributed by atoms with Crippen molar-refractivity contribution >= 4 is 43.6 Å². The molecule has 90 valence electrons. The van der Waals surface area contributed by atoms with Crippen molar-refractivity contribution in [2.45, 2.75) is 22.5 Å². The van der Waals surface area contributed by atoms with Crippen LogP contribution in [0, 0.1) is 0 Å². The van der Waals surface area contributed by atoms with Crippen molar-refractivity contribution in [3.05, 3.63) is 25.3 Å². The predicted molar refractivity (Wildman–Crippen MR) is 77.7 cm³/mol. The Morgan fingerprint density at radius 1 is 1.31 bits per heavy atom. The standard InChI is InChI=1S/C12H18OS2Se/c1-3-7-14-8-10-5-6-11(16-10)9-15-12(13)4-2/h3-4,10-11H,1-2,5-9H2. The quantitative estimate of drug-likeness (QED) is 0.309. The molecule has 0 aromatic heterocycles. The number of carbonyl (C=O) groups is 1. The van der Waals surface area contributed by atoms with Crippen molar-refractivity contribution in [3.63, 3.8) is 0 Å². The summed E-state index contributed by atoms with van der Waals surface area (Å²) in [6.07, 6.45) is 6.07. The van der Waals surface area contributed by atoms with E-state index in [0.29, 0.717) is 0 Å². The van der Waals surface area contributed by atoms with Gasteiger partial charge in [-0.2, -0.15) is 0 Å². The molecule has 1 saturated heterocycles. The fourth-order valence-electron chi connectivity index (χ4n) is 1.54. The van der Waals surface area contributed by atoms with Gasteiger partial charge in [-0.1, -0.05) is 0 Å². The Bertz CT molecular complexity index is 255. The molecule has 0 radical (unpaired) electrons. The van der Waals surface area contributed by atoms with Gasteiger partial charge in [0.1, 0.15) is 0 Å². The summed E-state index contributed by atoms with van der Waals surface area (Å²) in [4.78, 5) is 12.8. The summed E-state index contributed by atoms with van der Waals surface area (Å²) in [5.74, 6) is 3.36. The van der Waals surface area contributed by atoms with Crippen LogP contribution in [0.2, 0.25) is 9.63 Å². The second-order valence-electron chi connectivity index (χ2n) is 3.62. The molecule has 0 amide bonds. The van der Waals surface area contributed by atoms with Crippen LogP contribution in [0.1, 0.15) is 12.8 Å². The monoisotopic (exact) mass is 322 g/mol. The number of hydrogen-bond donors (Lipinski definition) is 0. The first-order valence-electron chi connectivity index (χ1n) is 5.39. The van der Waals surface area contributed by atoms with Crippen molar-refractivity contribution in [2.75, 3.05) is 17.3 Å². The second-order valence-corrected chi connectivity index (χ2v) is 9.09. The van der Waals surface area contributed by atoms with Gasteiger partial charge in [0, 0.05) is 0 Å². The second kappa shape index (κ2) is 8.46. The van der Waals surface area contributed by atoms with Crippen molar-refractivity contribution in [1.82, 2.24) is 0 Å². The van der Waals surface area contributed by atoms with E-state index in [1.165, 1.54) is 36.4 Å². The summed E-state index contributed by atoms with van der Waals surface area (Å²) in [7, 11) is 0. The maximum absolute atomic E-state index is 11.1. The van der Waals surface area contributed by atoms with Gasteiger partial charge >= 0.3 is 113 Å². The molecule has 1 rings (SSSR count). The fraction of sp³-hybridized carbons (Fsp3) is 0.583. The van der Waals surface area contributed by atoms with Crippen molar-refractivity contribution < 1.29 is 4.79 Å². The minimum absolute atomic E-state index is 0.125. The van der Waals surface area contributed by atoms with Crippen LogP contribution in [-0.4, -0.2) is 37.3 Å². The van der Waals surface area contributed by atoms with E-state index in [9.17, 15) is 4.79 Å². The van der Waals surface area contributed by atoms with Gasteiger partial charge in [0.25, 0.3) is 0 Å². The van der Waals surface area contributed by atoms with Gasteiger partial charge in [0.15, 0.2) is 0 Å². The Morgan fingerprint density at radius 3 is 2.62 bits per heavy atom. The summed E-state index contributed by atoms with van der Waals surface area (Å²) in [6, 6.07) is 0.